The van der Waals surface area contributed by atoms with Gasteiger partial charge in [-0.25, -0.2) is 9.98 Å². The number of allylic oxidation sites excluding steroid dienone is 7. The maximum absolute atomic E-state index is 9.22. The van der Waals surface area contributed by atoms with Gasteiger partial charge < -0.3 is 4.90 Å². The Morgan fingerprint density at radius 3 is 2.13 bits per heavy atom. The molecule has 3 heterocycles. The lowest BCUT2D eigenvalue weighted by atomic mass is 9.90. The fraction of sp³-hybridized carbons (Fsp3) is 0.308. The molecule has 0 amide bonds. The van der Waals surface area contributed by atoms with Gasteiger partial charge in [0.2, 0.25) is 0 Å². The first-order valence-electron chi connectivity index (χ1n) is 10.8. The lowest BCUT2D eigenvalue weighted by Gasteiger charge is -2.37. The molecule has 0 saturated heterocycles. The highest BCUT2D eigenvalue weighted by Crippen LogP contribution is 2.36. The van der Waals surface area contributed by atoms with Crippen molar-refractivity contribution in [3.05, 3.63) is 70.6 Å². The molecule has 1 aromatic rings. The largest absolute Gasteiger partial charge is 0.371 e. The van der Waals surface area contributed by atoms with E-state index >= 15 is 0 Å². The van der Waals surface area contributed by atoms with E-state index in [1.165, 1.54) is 61.2 Å². The third-order valence-corrected chi connectivity index (χ3v) is 5.70. The Balaban J connectivity index is 1.44. The van der Waals surface area contributed by atoms with Crippen LogP contribution in [0.3, 0.4) is 0 Å². The number of nitriles is 2. The van der Waals surface area contributed by atoms with Crippen molar-refractivity contribution < 1.29 is 0 Å². The van der Waals surface area contributed by atoms with E-state index < -0.39 is 0 Å². The lowest BCUT2D eigenvalue weighted by molar-refractivity contribution is 0.634. The van der Waals surface area contributed by atoms with Gasteiger partial charge in [-0.05, 0) is 67.5 Å². The Kier molecular flexibility index (Phi) is 6.24. The Bertz CT molecular complexity index is 1110. The molecule has 0 radical (unpaired) electrons. The minimum absolute atomic E-state index is 0.0674. The van der Waals surface area contributed by atoms with E-state index in [1.54, 1.807) is 0 Å². The summed E-state index contributed by atoms with van der Waals surface area (Å²) in [5, 5.41) is 18.3. The van der Waals surface area contributed by atoms with Crippen LogP contribution in [0.2, 0.25) is 0 Å². The Labute approximate surface area is 183 Å². The molecule has 4 rings (SSSR count). The van der Waals surface area contributed by atoms with Crippen molar-refractivity contribution >= 4 is 23.2 Å². The van der Waals surface area contributed by atoms with Gasteiger partial charge in [0.25, 0.3) is 0 Å². The molecule has 0 saturated carbocycles. The fourth-order valence-corrected chi connectivity index (χ4v) is 4.42. The predicted octanol–water partition coefficient (Wildman–Crippen LogP) is 5.08. The molecular weight excluding hydrogens is 382 g/mol. The lowest BCUT2D eigenvalue weighted by Crippen LogP contribution is -2.34. The summed E-state index contributed by atoms with van der Waals surface area (Å²) in [6.45, 7) is 4.24. The smallest absolute Gasteiger partial charge is 0.177 e. The third kappa shape index (κ3) is 4.73. The van der Waals surface area contributed by atoms with Crippen molar-refractivity contribution in [3.8, 4) is 12.1 Å². The molecule has 0 N–H and O–H groups in total. The molecule has 0 bridgehead atoms. The molecule has 0 atom stereocenters. The van der Waals surface area contributed by atoms with E-state index in [-0.39, 0.29) is 11.4 Å². The van der Waals surface area contributed by atoms with Crippen molar-refractivity contribution in [1.82, 2.24) is 0 Å². The van der Waals surface area contributed by atoms with Crippen LogP contribution < -0.4 is 4.90 Å². The Morgan fingerprint density at radius 2 is 1.48 bits per heavy atom. The van der Waals surface area contributed by atoms with Gasteiger partial charge in [-0.3, -0.25) is 0 Å². The van der Waals surface area contributed by atoms with Crippen molar-refractivity contribution in [2.24, 2.45) is 9.98 Å². The Morgan fingerprint density at radius 1 is 0.871 bits per heavy atom. The summed E-state index contributed by atoms with van der Waals surface area (Å²) in [4.78, 5) is 11.0. The second-order valence-corrected chi connectivity index (χ2v) is 8.03. The van der Waals surface area contributed by atoms with Crippen molar-refractivity contribution in [2.45, 2.75) is 39.0 Å². The number of anilines is 1. The van der Waals surface area contributed by atoms with Gasteiger partial charge in [0.15, 0.2) is 11.4 Å². The third-order valence-electron chi connectivity index (χ3n) is 5.70. The second kappa shape index (κ2) is 9.41. The first-order chi connectivity index (χ1) is 15.2. The normalized spacial score (nSPS) is 18.6. The van der Waals surface area contributed by atoms with E-state index in [1.807, 2.05) is 43.4 Å². The van der Waals surface area contributed by atoms with Gasteiger partial charge in [-0.2, -0.15) is 10.5 Å². The topological polar surface area (TPSA) is 75.5 Å². The summed E-state index contributed by atoms with van der Waals surface area (Å²) in [7, 11) is 0. The summed E-state index contributed by atoms with van der Waals surface area (Å²) in [6.07, 6.45) is 17.3. The molecule has 31 heavy (non-hydrogen) atoms. The number of benzene rings is 1. The molecule has 0 aliphatic carbocycles. The van der Waals surface area contributed by atoms with Gasteiger partial charge in [0.1, 0.15) is 12.1 Å². The zero-order valence-corrected chi connectivity index (χ0v) is 17.8. The molecule has 0 fully saturated rings. The number of aryl methyl sites for hydroxylation is 2. The minimum atomic E-state index is 0.0674. The van der Waals surface area contributed by atoms with E-state index in [9.17, 15) is 5.26 Å². The predicted molar refractivity (Wildman–Crippen MR) is 126 cm³/mol. The summed E-state index contributed by atoms with van der Waals surface area (Å²) >= 11 is 0. The van der Waals surface area contributed by atoms with E-state index in [2.05, 4.69) is 39.2 Å². The molecular formula is C26H25N5. The number of hydrogen-bond donors (Lipinski definition) is 0. The highest BCUT2D eigenvalue weighted by Gasteiger charge is 2.23. The highest BCUT2D eigenvalue weighted by molar-refractivity contribution is 6.10. The average molecular weight is 408 g/mol. The van der Waals surface area contributed by atoms with Crippen LogP contribution in [0.4, 0.5) is 5.69 Å². The number of rotatable bonds is 4. The van der Waals surface area contributed by atoms with Gasteiger partial charge >= 0.3 is 0 Å². The van der Waals surface area contributed by atoms with Crippen LogP contribution in [0, 0.1) is 22.7 Å². The number of nitrogens with zero attached hydrogens (tertiary/aromatic N) is 5. The summed E-state index contributed by atoms with van der Waals surface area (Å²) in [5.41, 5.74) is 7.38. The van der Waals surface area contributed by atoms with Gasteiger partial charge in [0.05, 0.1) is 0 Å². The van der Waals surface area contributed by atoms with Crippen molar-refractivity contribution in [1.29, 1.82) is 10.5 Å². The minimum Gasteiger partial charge on any atom is -0.371 e. The van der Waals surface area contributed by atoms with Crippen LogP contribution in [0.15, 0.2) is 63.9 Å². The molecule has 5 heteroatoms. The molecule has 0 spiro atoms. The molecule has 0 unspecified atom stereocenters. The molecule has 0 aromatic heterocycles. The van der Waals surface area contributed by atoms with Gasteiger partial charge in [-0.1, -0.05) is 30.4 Å². The average Bonchev–Trinajstić information content (AvgIpc) is 2.94. The number of hydrogen-bond acceptors (Lipinski definition) is 5. The van der Waals surface area contributed by atoms with Crippen molar-refractivity contribution in [2.75, 3.05) is 18.0 Å². The summed E-state index contributed by atoms with van der Waals surface area (Å²) < 4.78 is 0. The zero-order chi connectivity index (χ0) is 21.6. The SMILES string of the molecule is CC1=NC(C#N)=C(C#N)N=C(/C=C/C=C/C=C/c2cc3c4c(c2)CCCN4CCC3)C1. The number of aliphatic imine (C=N–C) groups is 2. The Hall–Kier alpha value is -3.70. The monoisotopic (exact) mass is 407 g/mol. The van der Waals surface area contributed by atoms with Crippen LogP contribution in [0.5, 0.6) is 0 Å². The maximum Gasteiger partial charge on any atom is 0.177 e. The first kappa shape index (κ1) is 20.6. The summed E-state index contributed by atoms with van der Waals surface area (Å²) in [6, 6.07) is 8.57. The molecule has 3 aliphatic rings. The van der Waals surface area contributed by atoms with E-state index in [0.29, 0.717) is 6.42 Å². The zero-order valence-electron chi connectivity index (χ0n) is 17.8. The standard InChI is InChI=1S/C26H25N5/c1-19-14-23(30-25(18-28)24(17-27)29-19)11-5-3-2-4-8-20-15-21-9-6-12-31-13-7-10-22(16-20)26(21)31/h2-5,8,11,15-16H,6-7,9-10,12-14H2,1H3/b3-2+,8-4+,11-5+. The quantitative estimate of drug-likeness (QED) is 0.654. The fourth-order valence-electron chi connectivity index (χ4n) is 4.42. The first-order valence-corrected chi connectivity index (χ1v) is 10.8. The van der Waals surface area contributed by atoms with E-state index in [0.717, 1.165) is 11.4 Å². The maximum atomic E-state index is 9.22. The van der Waals surface area contributed by atoms with E-state index in [4.69, 9.17) is 5.26 Å². The molecule has 1 aromatic carbocycles. The van der Waals surface area contributed by atoms with Crippen LogP contribution in [0.1, 0.15) is 42.9 Å². The molecule has 154 valence electrons. The molecule has 5 nitrogen and oxygen atoms in total. The summed E-state index contributed by atoms with van der Waals surface area (Å²) in [5.74, 6) is 0. The van der Waals surface area contributed by atoms with Crippen LogP contribution in [0.25, 0.3) is 6.08 Å². The highest BCUT2D eigenvalue weighted by atomic mass is 15.1. The van der Waals surface area contributed by atoms with Gasteiger partial charge in [0, 0.05) is 36.6 Å². The van der Waals surface area contributed by atoms with Crippen LogP contribution in [-0.4, -0.2) is 24.5 Å². The van der Waals surface area contributed by atoms with Crippen molar-refractivity contribution in [3.63, 3.8) is 0 Å². The van der Waals surface area contributed by atoms with Gasteiger partial charge in [-0.15, -0.1) is 0 Å². The molecule has 3 aliphatic heterocycles. The van der Waals surface area contributed by atoms with Crippen LogP contribution in [-0.2, 0) is 12.8 Å². The second-order valence-electron chi connectivity index (χ2n) is 8.03. The van der Waals surface area contributed by atoms with Crippen LogP contribution >= 0.6 is 0 Å².